The zero-order valence-corrected chi connectivity index (χ0v) is 11.9. The molecule has 0 aromatic heterocycles. The van der Waals surface area contributed by atoms with Crippen LogP contribution < -0.4 is 4.72 Å². The highest BCUT2D eigenvalue weighted by Crippen LogP contribution is 2.29. The van der Waals surface area contributed by atoms with E-state index in [1.54, 1.807) is 0 Å². The summed E-state index contributed by atoms with van der Waals surface area (Å²) >= 11 is 0. The molecule has 1 aliphatic rings. The third-order valence-electron chi connectivity index (χ3n) is 3.60. The number of carboxylic acid groups (broad SMARTS) is 1. The molecule has 8 heteroatoms. The first-order valence-electron chi connectivity index (χ1n) is 6.53. The predicted molar refractivity (Wildman–Crippen MR) is 70.5 cm³/mol. The van der Waals surface area contributed by atoms with E-state index in [0.717, 1.165) is 19.3 Å². The Bertz CT molecular complexity index is 656. The van der Waals surface area contributed by atoms with Crippen LogP contribution >= 0.6 is 0 Å². The van der Waals surface area contributed by atoms with E-state index in [4.69, 9.17) is 5.11 Å². The van der Waals surface area contributed by atoms with Gasteiger partial charge in [-0.15, -0.1) is 0 Å². The second-order valence-electron chi connectivity index (χ2n) is 5.06. The number of halogens is 2. The molecule has 1 saturated carbocycles. The average molecular weight is 319 g/mol. The van der Waals surface area contributed by atoms with Crippen LogP contribution in [0.3, 0.4) is 0 Å². The summed E-state index contributed by atoms with van der Waals surface area (Å²) in [6.07, 6.45) is 3.83. The van der Waals surface area contributed by atoms with E-state index >= 15 is 0 Å². The van der Waals surface area contributed by atoms with Gasteiger partial charge in [-0.05, 0) is 24.5 Å². The normalized spacial score (nSPS) is 15.7. The van der Waals surface area contributed by atoms with Crippen LogP contribution in [0.1, 0.15) is 36.0 Å². The van der Waals surface area contributed by atoms with Gasteiger partial charge in [0.1, 0.15) is 4.90 Å². The molecular weight excluding hydrogens is 304 g/mol. The standard InChI is InChI=1S/C13H15F2NO4S/c14-10-6-9(13(17)18)7-11(12(10)15)21(19,20)16-5-4-8-2-1-3-8/h6-8,16H,1-5H2,(H,17,18). The zero-order valence-electron chi connectivity index (χ0n) is 11.1. The van der Waals surface area contributed by atoms with E-state index in [-0.39, 0.29) is 6.54 Å². The number of benzene rings is 1. The second-order valence-corrected chi connectivity index (χ2v) is 6.79. The summed E-state index contributed by atoms with van der Waals surface area (Å²) in [5.41, 5.74) is -0.617. The number of aromatic carboxylic acids is 1. The van der Waals surface area contributed by atoms with Crippen molar-refractivity contribution in [2.75, 3.05) is 6.54 Å². The van der Waals surface area contributed by atoms with Crippen molar-refractivity contribution in [3.05, 3.63) is 29.3 Å². The van der Waals surface area contributed by atoms with Gasteiger partial charge in [-0.2, -0.15) is 0 Å². The van der Waals surface area contributed by atoms with Crippen molar-refractivity contribution in [2.24, 2.45) is 5.92 Å². The van der Waals surface area contributed by atoms with Crippen LogP contribution in [0.25, 0.3) is 0 Å². The lowest BCUT2D eigenvalue weighted by Crippen LogP contribution is -2.28. The van der Waals surface area contributed by atoms with Gasteiger partial charge in [-0.25, -0.2) is 26.7 Å². The number of rotatable bonds is 6. The molecule has 2 rings (SSSR count). The third kappa shape index (κ3) is 3.56. The maximum atomic E-state index is 13.6. The molecule has 0 heterocycles. The molecule has 1 aromatic carbocycles. The van der Waals surface area contributed by atoms with Crippen LogP contribution in [0.4, 0.5) is 8.78 Å². The summed E-state index contributed by atoms with van der Waals surface area (Å²) in [5.74, 6) is -4.15. The Labute approximate surface area is 121 Å². The van der Waals surface area contributed by atoms with Gasteiger partial charge in [0, 0.05) is 6.54 Å². The second kappa shape index (κ2) is 6.07. The molecule has 0 atom stereocenters. The molecule has 0 bridgehead atoms. The van der Waals surface area contributed by atoms with Crippen LogP contribution in [0.5, 0.6) is 0 Å². The number of carbonyl (C=O) groups is 1. The lowest BCUT2D eigenvalue weighted by Gasteiger charge is -2.25. The lowest BCUT2D eigenvalue weighted by molar-refractivity contribution is 0.0696. The molecule has 5 nitrogen and oxygen atoms in total. The summed E-state index contributed by atoms with van der Waals surface area (Å²) in [7, 11) is -4.28. The van der Waals surface area contributed by atoms with Crippen molar-refractivity contribution < 1.29 is 27.1 Å². The highest BCUT2D eigenvalue weighted by atomic mass is 32.2. The average Bonchev–Trinajstić information content (AvgIpc) is 2.35. The molecule has 116 valence electrons. The molecule has 0 aliphatic heterocycles. The predicted octanol–water partition coefficient (Wildman–Crippen LogP) is 2.13. The maximum Gasteiger partial charge on any atom is 0.335 e. The van der Waals surface area contributed by atoms with Crippen LogP contribution in [0.2, 0.25) is 0 Å². The first-order chi connectivity index (χ1) is 9.81. The van der Waals surface area contributed by atoms with Crippen molar-refractivity contribution in [1.29, 1.82) is 0 Å². The minimum absolute atomic E-state index is 0.116. The first kappa shape index (κ1) is 15.8. The molecule has 0 saturated heterocycles. The molecule has 1 aliphatic carbocycles. The molecular formula is C13H15F2NO4S. The number of sulfonamides is 1. The van der Waals surface area contributed by atoms with E-state index < -0.39 is 38.1 Å². The quantitative estimate of drug-likeness (QED) is 0.841. The fourth-order valence-corrected chi connectivity index (χ4v) is 3.30. The van der Waals surface area contributed by atoms with Crippen LogP contribution in [0.15, 0.2) is 17.0 Å². The number of nitrogens with one attached hydrogen (secondary N) is 1. The Morgan fingerprint density at radius 1 is 1.33 bits per heavy atom. The van der Waals surface area contributed by atoms with Crippen LogP contribution in [0, 0.1) is 17.6 Å². The molecule has 0 unspecified atom stereocenters. The van der Waals surface area contributed by atoms with Crippen molar-refractivity contribution >= 4 is 16.0 Å². The van der Waals surface area contributed by atoms with Gasteiger partial charge >= 0.3 is 5.97 Å². The van der Waals surface area contributed by atoms with Gasteiger partial charge in [-0.1, -0.05) is 19.3 Å². The maximum absolute atomic E-state index is 13.6. The Kier molecular flexibility index (Phi) is 4.58. The summed E-state index contributed by atoms with van der Waals surface area (Å²) in [4.78, 5) is 9.81. The first-order valence-corrected chi connectivity index (χ1v) is 8.01. The Morgan fingerprint density at radius 3 is 2.52 bits per heavy atom. The Hall–Kier alpha value is -1.54. The summed E-state index contributed by atoms with van der Waals surface area (Å²) in [5, 5.41) is 8.77. The van der Waals surface area contributed by atoms with E-state index in [9.17, 15) is 22.0 Å². The van der Waals surface area contributed by atoms with Crippen LogP contribution in [-0.2, 0) is 10.0 Å². The monoisotopic (exact) mass is 319 g/mol. The van der Waals surface area contributed by atoms with Gasteiger partial charge in [-0.3, -0.25) is 0 Å². The number of carboxylic acids is 1. The SMILES string of the molecule is O=C(O)c1cc(F)c(F)c(S(=O)(=O)NCCC2CCC2)c1. The number of hydrogen-bond acceptors (Lipinski definition) is 3. The van der Waals surface area contributed by atoms with Gasteiger partial charge in [0.25, 0.3) is 0 Å². The zero-order chi connectivity index (χ0) is 15.6. The van der Waals surface area contributed by atoms with Crippen molar-refractivity contribution in [3.8, 4) is 0 Å². The van der Waals surface area contributed by atoms with Crippen molar-refractivity contribution in [1.82, 2.24) is 4.72 Å². The fraction of sp³-hybridized carbons (Fsp3) is 0.462. The van der Waals surface area contributed by atoms with Crippen LogP contribution in [-0.4, -0.2) is 26.0 Å². The van der Waals surface area contributed by atoms with E-state index in [1.165, 1.54) is 0 Å². The summed E-state index contributed by atoms with van der Waals surface area (Å²) in [6, 6.07) is 1.07. The Balaban J connectivity index is 2.19. The highest BCUT2D eigenvalue weighted by Gasteiger charge is 2.25. The van der Waals surface area contributed by atoms with Gasteiger partial charge in [0.15, 0.2) is 11.6 Å². The van der Waals surface area contributed by atoms with E-state index in [2.05, 4.69) is 4.72 Å². The molecule has 2 N–H and O–H groups in total. The van der Waals surface area contributed by atoms with Gasteiger partial charge < -0.3 is 5.11 Å². The van der Waals surface area contributed by atoms with E-state index in [0.29, 0.717) is 24.5 Å². The minimum Gasteiger partial charge on any atom is -0.478 e. The lowest BCUT2D eigenvalue weighted by atomic mass is 9.83. The smallest absolute Gasteiger partial charge is 0.335 e. The molecule has 1 fully saturated rings. The topological polar surface area (TPSA) is 83.5 Å². The molecule has 1 aromatic rings. The molecule has 0 amide bonds. The van der Waals surface area contributed by atoms with Gasteiger partial charge in [0.05, 0.1) is 5.56 Å². The minimum atomic E-state index is -4.28. The van der Waals surface area contributed by atoms with Gasteiger partial charge in [0.2, 0.25) is 10.0 Å². The Morgan fingerprint density at radius 2 is 2.00 bits per heavy atom. The molecule has 21 heavy (non-hydrogen) atoms. The largest absolute Gasteiger partial charge is 0.478 e. The number of hydrogen-bond donors (Lipinski definition) is 2. The van der Waals surface area contributed by atoms with Crippen molar-refractivity contribution in [2.45, 2.75) is 30.6 Å². The highest BCUT2D eigenvalue weighted by molar-refractivity contribution is 7.89. The summed E-state index contributed by atoms with van der Waals surface area (Å²) in [6.45, 7) is 0.116. The molecule has 0 spiro atoms. The summed E-state index contributed by atoms with van der Waals surface area (Å²) < 4.78 is 53.0. The molecule has 0 radical (unpaired) electrons. The fourth-order valence-electron chi connectivity index (χ4n) is 2.14. The third-order valence-corrected chi connectivity index (χ3v) is 5.06. The van der Waals surface area contributed by atoms with E-state index in [1.807, 2.05) is 0 Å². The van der Waals surface area contributed by atoms with Crippen molar-refractivity contribution in [3.63, 3.8) is 0 Å².